The van der Waals surface area contributed by atoms with E-state index in [4.69, 9.17) is 0 Å². The summed E-state index contributed by atoms with van der Waals surface area (Å²) < 4.78 is 0. The van der Waals surface area contributed by atoms with Crippen LogP contribution < -0.4 is 0 Å². The topological polar surface area (TPSA) is 0 Å². The van der Waals surface area contributed by atoms with Gasteiger partial charge in [-0.1, -0.05) is 159 Å². The quantitative estimate of drug-likeness (QED) is 0.129. The Hall–Kier alpha value is -6.24. The molecule has 0 saturated heterocycles. The summed E-state index contributed by atoms with van der Waals surface area (Å²) in [6.07, 6.45) is 0. The Kier molecular flexibility index (Phi) is 5.82. The van der Waals surface area contributed by atoms with Crippen LogP contribution in [0.3, 0.4) is 0 Å². The second-order valence-electron chi connectivity index (χ2n) is 14.8. The van der Waals surface area contributed by atoms with Gasteiger partial charge in [0.15, 0.2) is 0 Å². The molecule has 0 fully saturated rings. The van der Waals surface area contributed by atoms with Crippen molar-refractivity contribution in [3.8, 4) is 33.4 Å². The molecule has 0 heteroatoms. The summed E-state index contributed by atoms with van der Waals surface area (Å²) in [5.41, 5.74) is 10.5. The molecule has 0 nitrogen and oxygen atoms in total. The van der Waals surface area contributed by atoms with Crippen molar-refractivity contribution in [3.63, 3.8) is 0 Å². The second-order valence-corrected chi connectivity index (χ2v) is 14.8. The third kappa shape index (κ3) is 3.96. The molecular formula is C51H34. The van der Waals surface area contributed by atoms with Gasteiger partial charge < -0.3 is 0 Å². The molecule has 0 heterocycles. The van der Waals surface area contributed by atoms with Crippen LogP contribution in [0, 0.1) is 0 Å². The lowest BCUT2D eigenvalue weighted by Gasteiger charge is -2.23. The van der Waals surface area contributed by atoms with Crippen LogP contribution in [0.15, 0.2) is 170 Å². The average Bonchev–Trinajstić information content (AvgIpc) is 3.40. The maximum Gasteiger partial charge on any atom is 0.0159 e. The van der Waals surface area contributed by atoms with Crippen LogP contribution in [-0.2, 0) is 5.41 Å². The molecule has 238 valence electrons. The van der Waals surface area contributed by atoms with Crippen molar-refractivity contribution in [1.29, 1.82) is 0 Å². The average molecular weight is 647 g/mol. The number of rotatable bonds is 2. The number of benzene rings is 10. The zero-order valence-electron chi connectivity index (χ0n) is 28.7. The minimum atomic E-state index is -0.117. The van der Waals surface area contributed by atoms with Gasteiger partial charge in [0.05, 0.1) is 0 Å². The van der Waals surface area contributed by atoms with Gasteiger partial charge in [-0.3, -0.25) is 0 Å². The number of fused-ring (bicyclic) bond motifs is 12. The van der Waals surface area contributed by atoms with E-state index in [1.54, 1.807) is 0 Å². The fraction of sp³-hybridized carbons (Fsp3) is 0.0588. The first-order valence-corrected chi connectivity index (χ1v) is 18.0. The van der Waals surface area contributed by atoms with Gasteiger partial charge in [0, 0.05) is 5.41 Å². The fourth-order valence-corrected chi connectivity index (χ4v) is 9.40. The molecule has 11 rings (SSSR count). The van der Waals surface area contributed by atoms with Gasteiger partial charge in [-0.05, 0) is 133 Å². The Morgan fingerprint density at radius 3 is 1.27 bits per heavy atom. The smallest absolute Gasteiger partial charge is 0.0159 e. The highest BCUT2D eigenvalue weighted by atomic mass is 14.4. The summed E-state index contributed by atoms with van der Waals surface area (Å²) in [6, 6.07) is 63.7. The van der Waals surface area contributed by atoms with E-state index in [0.717, 1.165) is 0 Å². The van der Waals surface area contributed by atoms with E-state index in [1.165, 1.54) is 109 Å². The maximum atomic E-state index is 2.50. The van der Waals surface area contributed by atoms with Crippen molar-refractivity contribution >= 4 is 64.6 Å². The highest BCUT2D eigenvalue weighted by molar-refractivity contribution is 6.26. The minimum Gasteiger partial charge on any atom is -0.0616 e. The van der Waals surface area contributed by atoms with Crippen LogP contribution in [0.4, 0.5) is 0 Å². The summed E-state index contributed by atoms with van der Waals surface area (Å²) in [4.78, 5) is 0. The van der Waals surface area contributed by atoms with Crippen molar-refractivity contribution < 1.29 is 0 Å². The van der Waals surface area contributed by atoms with Crippen LogP contribution in [0.25, 0.3) is 98.0 Å². The summed E-state index contributed by atoms with van der Waals surface area (Å²) in [6.45, 7) is 4.80. The lowest BCUT2D eigenvalue weighted by molar-refractivity contribution is 0.661. The molecule has 0 aromatic heterocycles. The molecule has 0 unspecified atom stereocenters. The van der Waals surface area contributed by atoms with Gasteiger partial charge in [-0.25, -0.2) is 0 Å². The third-order valence-corrected chi connectivity index (χ3v) is 11.8. The fourth-order valence-electron chi connectivity index (χ4n) is 9.40. The molecule has 1 aliphatic rings. The van der Waals surface area contributed by atoms with E-state index < -0.39 is 0 Å². The van der Waals surface area contributed by atoms with Gasteiger partial charge in [0.2, 0.25) is 0 Å². The third-order valence-electron chi connectivity index (χ3n) is 11.8. The predicted octanol–water partition coefficient (Wildman–Crippen LogP) is 14.2. The molecule has 0 spiro atoms. The summed E-state index contributed by atoms with van der Waals surface area (Å²) in [5.74, 6) is 0. The van der Waals surface area contributed by atoms with Crippen molar-refractivity contribution in [1.82, 2.24) is 0 Å². The van der Waals surface area contributed by atoms with Crippen molar-refractivity contribution in [2.75, 3.05) is 0 Å². The van der Waals surface area contributed by atoms with Crippen LogP contribution in [0.1, 0.15) is 25.0 Å². The molecule has 0 saturated carbocycles. The molecule has 10 aromatic rings. The Labute approximate surface area is 297 Å². The molecule has 51 heavy (non-hydrogen) atoms. The molecule has 0 atom stereocenters. The SMILES string of the molecule is CC1(C)c2ccc(-c3c4ccccc4c(-c4ccc5ccccc5c4)c4ccccc34)cc2-c2cc3c4ccccc4c4ccccc4c3cc21. The van der Waals surface area contributed by atoms with E-state index in [0.29, 0.717) is 0 Å². The minimum absolute atomic E-state index is 0.117. The second kappa shape index (κ2) is 10.4. The summed E-state index contributed by atoms with van der Waals surface area (Å²) in [5, 5.41) is 15.6. The Morgan fingerprint density at radius 2 is 0.706 bits per heavy atom. The predicted molar refractivity (Wildman–Crippen MR) is 220 cm³/mol. The van der Waals surface area contributed by atoms with Crippen molar-refractivity contribution in [3.05, 3.63) is 181 Å². The monoisotopic (exact) mass is 646 g/mol. The first-order chi connectivity index (χ1) is 25.1. The molecule has 0 N–H and O–H groups in total. The number of hydrogen-bond acceptors (Lipinski definition) is 0. The van der Waals surface area contributed by atoms with Crippen LogP contribution in [0.2, 0.25) is 0 Å². The zero-order valence-corrected chi connectivity index (χ0v) is 28.7. The molecule has 1 aliphatic carbocycles. The number of hydrogen-bond donors (Lipinski definition) is 0. The first-order valence-electron chi connectivity index (χ1n) is 18.0. The molecule has 0 aliphatic heterocycles. The summed E-state index contributed by atoms with van der Waals surface area (Å²) in [7, 11) is 0. The largest absolute Gasteiger partial charge is 0.0616 e. The van der Waals surface area contributed by atoms with E-state index >= 15 is 0 Å². The standard InChI is InChI=1S/C51H34/c1-51(2)47-26-25-34(28-45(47)46-29-43-37-17-7-5-15-35(37)36-16-6-8-18-38(36)44(43)30-48(46)51)50-41-21-11-9-19-39(41)49(40-20-10-12-22-42(40)50)33-24-23-31-13-3-4-14-32(31)27-33/h3-30H,1-2H3. The Morgan fingerprint density at radius 1 is 0.294 bits per heavy atom. The lowest BCUT2D eigenvalue weighted by Crippen LogP contribution is -2.14. The normalized spacial score (nSPS) is 13.5. The summed E-state index contributed by atoms with van der Waals surface area (Å²) >= 11 is 0. The van der Waals surface area contributed by atoms with Gasteiger partial charge in [0.1, 0.15) is 0 Å². The van der Waals surface area contributed by atoms with E-state index in [9.17, 15) is 0 Å². The molecule has 0 amide bonds. The van der Waals surface area contributed by atoms with Crippen LogP contribution in [-0.4, -0.2) is 0 Å². The molecule has 10 aromatic carbocycles. The van der Waals surface area contributed by atoms with Gasteiger partial charge in [-0.15, -0.1) is 0 Å². The van der Waals surface area contributed by atoms with Crippen LogP contribution in [0.5, 0.6) is 0 Å². The van der Waals surface area contributed by atoms with Gasteiger partial charge in [-0.2, -0.15) is 0 Å². The first kappa shape index (κ1) is 28.6. The van der Waals surface area contributed by atoms with E-state index in [-0.39, 0.29) is 5.41 Å². The lowest BCUT2D eigenvalue weighted by atomic mass is 9.80. The highest BCUT2D eigenvalue weighted by Gasteiger charge is 2.36. The molecule has 0 radical (unpaired) electrons. The van der Waals surface area contributed by atoms with Gasteiger partial charge >= 0.3 is 0 Å². The Bertz CT molecular complexity index is 3050. The van der Waals surface area contributed by atoms with Crippen molar-refractivity contribution in [2.45, 2.75) is 19.3 Å². The van der Waals surface area contributed by atoms with E-state index in [1.807, 2.05) is 0 Å². The highest BCUT2D eigenvalue weighted by Crippen LogP contribution is 2.53. The molecular weight excluding hydrogens is 613 g/mol. The van der Waals surface area contributed by atoms with Crippen molar-refractivity contribution in [2.24, 2.45) is 0 Å². The zero-order chi connectivity index (χ0) is 33.8. The van der Waals surface area contributed by atoms with Crippen LogP contribution >= 0.6 is 0 Å². The molecule has 0 bridgehead atoms. The van der Waals surface area contributed by atoms with E-state index in [2.05, 4.69) is 184 Å². The Balaban J connectivity index is 1.19. The maximum absolute atomic E-state index is 2.50. The van der Waals surface area contributed by atoms with Gasteiger partial charge in [0.25, 0.3) is 0 Å².